The van der Waals surface area contributed by atoms with Crippen LogP contribution in [-0.4, -0.2) is 25.2 Å². The summed E-state index contributed by atoms with van der Waals surface area (Å²) in [4.78, 5) is 12.2. The van der Waals surface area contributed by atoms with E-state index in [1.165, 1.54) is 0 Å². The number of carbonyl (C=O) groups excluding carboxylic acids is 1. The van der Waals surface area contributed by atoms with Crippen molar-refractivity contribution >= 4 is 11.6 Å². The topological polar surface area (TPSA) is 59.6 Å². The summed E-state index contributed by atoms with van der Waals surface area (Å²) >= 11 is 0. The van der Waals surface area contributed by atoms with Crippen LogP contribution in [0.3, 0.4) is 0 Å². The van der Waals surface area contributed by atoms with Crippen molar-refractivity contribution in [1.82, 2.24) is 5.32 Å². The summed E-state index contributed by atoms with van der Waals surface area (Å²) in [6, 6.07) is 13.5. The fourth-order valence-electron chi connectivity index (χ4n) is 3.65. The van der Waals surface area contributed by atoms with Crippen LogP contribution in [0, 0.1) is 12.3 Å². The highest BCUT2D eigenvalue weighted by atomic mass is 16.5. The number of hydrogen-bond donors (Lipinski definition) is 2. The molecule has 2 N–H and O–H groups in total. The molecule has 164 valence electrons. The molecule has 0 aromatic heterocycles. The number of ether oxygens (including phenoxy) is 2. The van der Waals surface area contributed by atoms with Gasteiger partial charge in [0.2, 0.25) is 0 Å². The van der Waals surface area contributed by atoms with Crippen molar-refractivity contribution in [2.75, 3.05) is 19.0 Å². The van der Waals surface area contributed by atoms with Crippen molar-refractivity contribution in [3.05, 3.63) is 53.6 Å². The van der Waals surface area contributed by atoms with Crippen LogP contribution in [0.5, 0.6) is 11.5 Å². The molecule has 2 aromatic carbocycles. The second-order valence-corrected chi connectivity index (χ2v) is 9.66. The van der Waals surface area contributed by atoms with Gasteiger partial charge in [-0.2, -0.15) is 0 Å². The predicted molar refractivity (Wildman–Crippen MR) is 123 cm³/mol. The summed E-state index contributed by atoms with van der Waals surface area (Å²) in [6.07, 6.45) is 1.06. The van der Waals surface area contributed by atoms with Crippen molar-refractivity contribution in [3.8, 4) is 11.5 Å². The molecular weight excluding hydrogens is 376 g/mol. The van der Waals surface area contributed by atoms with Crippen LogP contribution in [0.25, 0.3) is 0 Å². The zero-order valence-corrected chi connectivity index (χ0v) is 19.4. The van der Waals surface area contributed by atoms with Crippen molar-refractivity contribution in [1.29, 1.82) is 0 Å². The van der Waals surface area contributed by atoms with Gasteiger partial charge in [-0.25, -0.2) is 0 Å². The molecule has 0 heterocycles. The first-order chi connectivity index (χ1) is 14.0. The van der Waals surface area contributed by atoms with Crippen molar-refractivity contribution < 1.29 is 14.3 Å². The van der Waals surface area contributed by atoms with Crippen molar-refractivity contribution in [2.24, 2.45) is 5.41 Å². The number of nitrogens with one attached hydrogen (secondary N) is 2. The van der Waals surface area contributed by atoms with Crippen LogP contribution in [0.1, 0.15) is 52.2 Å². The maximum absolute atomic E-state index is 12.2. The van der Waals surface area contributed by atoms with Crippen molar-refractivity contribution in [3.63, 3.8) is 0 Å². The first-order valence-corrected chi connectivity index (χ1v) is 10.4. The number of aryl methyl sites for hydroxylation is 1. The molecule has 0 spiro atoms. The second-order valence-electron chi connectivity index (χ2n) is 9.66. The quantitative estimate of drug-likeness (QED) is 0.585. The van der Waals surface area contributed by atoms with Gasteiger partial charge in [-0.1, -0.05) is 44.5 Å². The molecule has 0 radical (unpaired) electrons. The van der Waals surface area contributed by atoms with E-state index in [1.807, 2.05) is 49.4 Å². The van der Waals surface area contributed by atoms with E-state index >= 15 is 0 Å². The van der Waals surface area contributed by atoms with E-state index in [-0.39, 0.29) is 23.5 Å². The van der Waals surface area contributed by atoms with Crippen LogP contribution in [0.4, 0.5) is 5.69 Å². The van der Waals surface area contributed by atoms with Crippen LogP contribution in [-0.2, 0) is 11.3 Å². The summed E-state index contributed by atoms with van der Waals surface area (Å²) in [6.45, 7) is 13.8. The number of hydrogen-bond acceptors (Lipinski definition) is 4. The molecule has 0 aliphatic heterocycles. The van der Waals surface area contributed by atoms with Gasteiger partial charge >= 0.3 is 0 Å². The molecule has 0 saturated carbocycles. The smallest absolute Gasteiger partial charge is 0.262 e. The minimum absolute atomic E-state index is 0.0225. The second kappa shape index (κ2) is 9.98. The molecule has 0 saturated heterocycles. The normalized spacial score (nSPS) is 11.8. The minimum Gasteiger partial charge on any atom is -0.493 e. The molecule has 0 aliphatic carbocycles. The molecule has 2 rings (SSSR count). The Labute approximate surface area is 181 Å². The molecular formula is C25H36N2O3. The Bertz CT molecular complexity index is 836. The number of methoxy groups -OCH3 is 1. The molecule has 30 heavy (non-hydrogen) atoms. The number of anilines is 1. The molecule has 2 aromatic rings. The molecule has 0 unspecified atom stereocenters. The third-order valence-electron chi connectivity index (χ3n) is 4.67. The standard InChI is InChI=1S/C25H36N2O3/c1-18-8-11-20(12-9-18)27-23(28)16-30-21-13-10-19(14-22(21)29-7)15-26-25(5,6)17-24(2,3)4/h8-14,26H,15-17H2,1-7H3,(H,27,28). The summed E-state index contributed by atoms with van der Waals surface area (Å²) < 4.78 is 11.2. The summed E-state index contributed by atoms with van der Waals surface area (Å²) in [5.74, 6) is 0.955. The zero-order chi connectivity index (χ0) is 22.4. The fourth-order valence-corrected chi connectivity index (χ4v) is 3.65. The molecule has 5 heteroatoms. The van der Waals surface area contributed by atoms with Crippen LogP contribution >= 0.6 is 0 Å². The summed E-state index contributed by atoms with van der Waals surface area (Å²) in [5.41, 5.74) is 3.27. The maximum atomic E-state index is 12.2. The largest absolute Gasteiger partial charge is 0.493 e. The average Bonchev–Trinajstić information content (AvgIpc) is 2.65. The fraction of sp³-hybridized carbons (Fsp3) is 0.480. The Morgan fingerprint density at radius 1 is 0.967 bits per heavy atom. The lowest BCUT2D eigenvalue weighted by atomic mass is 9.82. The third kappa shape index (κ3) is 8.07. The van der Waals surface area contributed by atoms with E-state index in [9.17, 15) is 4.79 Å². The SMILES string of the molecule is COc1cc(CNC(C)(C)CC(C)(C)C)ccc1OCC(=O)Nc1ccc(C)cc1. The van der Waals surface area contributed by atoms with E-state index in [4.69, 9.17) is 9.47 Å². The summed E-state index contributed by atoms with van der Waals surface area (Å²) in [7, 11) is 1.61. The van der Waals surface area contributed by atoms with E-state index < -0.39 is 0 Å². The molecule has 0 fully saturated rings. The molecule has 0 atom stereocenters. The number of amides is 1. The van der Waals surface area contributed by atoms with E-state index in [2.05, 4.69) is 45.3 Å². The Morgan fingerprint density at radius 2 is 1.63 bits per heavy atom. The first kappa shape index (κ1) is 23.7. The lowest BCUT2D eigenvalue weighted by Gasteiger charge is -2.33. The van der Waals surface area contributed by atoms with Crippen LogP contribution in [0.2, 0.25) is 0 Å². The highest BCUT2D eigenvalue weighted by Gasteiger charge is 2.24. The number of carbonyl (C=O) groups is 1. The molecule has 1 amide bonds. The van der Waals surface area contributed by atoms with Crippen LogP contribution in [0.15, 0.2) is 42.5 Å². The Morgan fingerprint density at radius 3 is 2.23 bits per heavy atom. The van der Waals surface area contributed by atoms with Gasteiger partial charge in [0.15, 0.2) is 18.1 Å². The zero-order valence-electron chi connectivity index (χ0n) is 19.4. The molecule has 0 bridgehead atoms. The van der Waals surface area contributed by atoms with Gasteiger partial charge in [-0.15, -0.1) is 0 Å². The number of rotatable bonds is 9. The Kier molecular flexibility index (Phi) is 7.90. The van der Waals surface area contributed by atoms with E-state index in [0.29, 0.717) is 11.5 Å². The Hall–Kier alpha value is -2.53. The predicted octanol–water partition coefficient (Wildman–Crippen LogP) is 5.33. The lowest BCUT2D eigenvalue weighted by molar-refractivity contribution is -0.118. The van der Waals surface area contributed by atoms with E-state index in [1.54, 1.807) is 7.11 Å². The number of benzene rings is 2. The Balaban J connectivity index is 1.93. The first-order valence-electron chi connectivity index (χ1n) is 10.4. The van der Waals surface area contributed by atoms with Gasteiger partial charge in [-0.05, 0) is 62.4 Å². The lowest BCUT2D eigenvalue weighted by Crippen LogP contribution is -2.41. The molecule has 0 aliphatic rings. The third-order valence-corrected chi connectivity index (χ3v) is 4.67. The monoisotopic (exact) mass is 412 g/mol. The van der Waals surface area contributed by atoms with Crippen molar-refractivity contribution in [2.45, 2.75) is 60.0 Å². The van der Waals surface area contributed by atoms with Gasteiger partial charge in [0.05, 0.1) is 7.11 Å². The van der Waals surface area contributed by atoms with Crippen LogP contribution < -0.4 is 20.1 Å². The van der Waals surface area contributed by atoms with Gasteiger partial charge < -0.3 is 20.1 Å². The highest BCUT2D eigenvalue weighted by molar-refractivity contribution is 5.91. The van der Waals surface area contributed by atoms with Gasteiger partial charge in [0.1, 0.15) is 0 Å². The van der Waals surface area contributed by atoms with Gasteiger partial charge in [-0.3, -0.25) is 4.79 Å². The van der Waals surface area contributed by atoms with Gasteiger partial charge in [0, 0.05) is 17.8 Å². The molecule has 5 nitrogen and oxygen atoms in total. The average molecular weight is 413 g/mol. The van der Waals surface area contributed by atoms with Gasteiger partial charge in [0.25, 0.3) is 5.91 Å². The van der Waals surface area contributed by atoms with E-state index in [0.717, 1.165) is 29.8 Å². The summed E-state index contributed by atoms with van der Waals surface area (Å²) in [5, 5.41) is 6.45. The highest BCUT2D eigenvalue weighted by Crippen LogP contribution is 2.30. The maximum Gasteiger partial charge on any atom is 0.262 e. The minimum atomic E-state index is -0.212.